The molecule has 1 N–H and O–H groups in total. The standard InChI is InChI=1S/C15H22N2O.ClH/c1-12(2)13-4-6-14(7-5-13)15(18)17-10-3-8-16-9-11-17;/h4-7,12,16H,3,8-11H2,1-2H3;1H. The second kappa shape index (κ2) is 7.51. The van der Waals surface area contributed by atoms with E-state index in [-0.39, 0.29) is 18.3 Å². The molecule has 4 heteroatoms. The van der Waals surface area contributed by atoms with Gasteiger partial charge in [-0.2, -0.15) is 0 Å². The van der Waals surface area contributed by atoms with E-state index >= 15 is 0 Å². The summed E-state index contributed by atoms with van der Waals surface area (Å²) in [5.74, 6) is 0.672. The molecule has 1 aliphatic heterocycles. The van der Waals surface area contributed by atoms with E-state index in [4.69, 9.17) is 0 Å². The molecule has 1 fully saturated rings. The van der Waals surface area contributed by atoms with Gasteiger partial charge in [-0.3, -0.25) is 4.79 Å². The highest BCUT2D eigenvalue weighted by molar-refractivity contribution is 5.94. The highest BCUT2D eigenvalue weighted by Gasteiger charge is 2.16. The van der Waals surface area contributed by atoms with Gasteiger partial charge in [0.25, 0.3) is 5.91 Å². The summed E-state index contributed by atoms with van der Waals surface area (Å²) >= 11 is 0. The molecule has 3 nitrogen and oxygen atoms in total. The molecule has 0 atom stereocenters. The molecule has 1 aromatic carbocycles. The minimum atomic E-state index is 0. The average Bonchev–Trinajstić information content (AvgIpc) is 2.67. The number of carbonyl (C=O) groups is 1. The van der Waals surface area contributed by atoms with E-state index in [2.05, 4.69) is 31.3 Å². The topological polar surface area (TPSA) is 32.3 Å². The van der Waals surface area contributed by atoms with Crippen molar-refractivity contribution in [3.8, 4) is 0 Å². The zero-order chi connectivity index (χ0) is 13.0. The SMILES string of the molecule is CC(C)c1ccc(C(=O)N2CCCNCC2)cc1.Cl. The van der Waals surface area contributed by atoms with Gasteiger partial charge in [0.1, 0.15) is 0 Å². The first-order valence-corrected chi connectivity index (χ1v) is 6.78. The van der Waals surface area contributed by atoms with E-state index in [0.717, 1.165) is 38.2 Å². The van der Waals surface area contributed by atoms with Gasteiger partial charge in [-0.15, -0.1) is 12.4 Å². The van der Waals surface area contributed by atoms with Crippen molar-refractivity contribution in [2.45, 2.75) is 26.2 Å². The number of amides is 1. The lowest BCUT2D eigenvalue weighted by Crippen LogP contribution is -2.34. The summed E-state index contributed by atoms with van der Waals surface area (Å²) in [5.41, 5.74) is 2.09. The Labute approximate surface area is 121 Å². The van der Waals surface area contributed by atoms with Crippen molar-refractivity contribution >= 4 is 18.3 Å². The van der Waals surface area contributed by atoms with Crippen LogP contribution in [0.15, 0.2) is 24.3 Å². The molecule has 106 valence electrons. The van der Waals surface area contributed by atoms with Crippen molar-refractivity contribution in [1.82, 2.24) is 10.2 Å². The average molecular weight is 283 g/mol. The largest absolute Gasteiger partial charge is 0.337 e. The molecule has 0 aliphatic carbocycles. The third kappa shape index (κ3) is 4.22. The predicted molar refractivity (Wildman–Crippen MR) is 81.2 cm³/mol. The van der Waals surface area contributed by atoms with Crippen LogP contribution in [-0.2, 0) is 0 Å². The lowest BCUT2D eigenvalue weighted by Gasteiger charge is -2.20. The van der Waals surface area contributed by atoms with Crippen molar-refractivity contribution in [3.63, 3.8) is 0 Å². The molecule has 1 saturated heterocycles. The van der Waals surface area contributed by atoms with Crippen LogP contribution in [0.1, 0.15) is 42.1 Å². The maximum absolute atomic E-state index is 12.3. The van der Waals surface area contributed by atoms with Crippen molar-refractivity contribution in [1.29, 1.82) is 0 Å². The van der Waals surface area contributed by atoms with E-state index in [9.17, 15) is 4.79 Å². The molecule has 0 unspecified atom stereocenters. The minimum Gasteiger partial charge on any atom is -0.337 e. The quantitative estimate of drug-likeness (QED) is 0.904. The van der Waals surface area contributed by atoms with E-state index in [1.807, 2.05) is 17.0 Å². The van der Waals surface area contributed by atoms with Crippen LogP contribution in [0.5, 0.6) is 0 Å². The summed E-state index contributed by atoms with van der Waals surface area (Å²) in [6, 6.07) is 8.04. The number of hydrogen-bond acceptors (Lipinski definition) is 2. The van der Waals surface area contributed by atoms with Gasteiger partial charge in [0.2, 0.25) is 0 Å². The smallest absolute Gasteiger partial charge is 0.253 e. The fraction of sp³-hybridized carbons (Fsp3) is 0.533. The van der Waals surface area contributed by atoms with Crippen LogP contribution < -0.4 is 5.32 Å². The van der Waals surface area contributed by atoms with Crippen LogP contribution in [0.25, 0.3) is 0 Å². The fourth-order valence-corrected chi connectivity index (χ4v) is 2.24. The Kier molecular flexibility index (Phi) is 6.32. The van der Waals surface area contributed by atoms with Gasteiger partial charge in [-0.1, -0.05) is 26.0 Å². The Morgan fingerprint density at radius 2 is 1.84 bits per heavy atom. The van der Waals surface area contributed by atoms with Crippen LogP contribution >= 0.6 is 12.4 Å². The molecular weight excluding hydrogens is 260 g/mol. The molecular formula is C15H23ClN2O. The van der Waals surface area contributed by atoms with Gasteiger partial charge in [-0.05, 0) is 36.6 Å². The normalized spacial score (nSPS) is 15.8. The Balaban J connectivity index is 0.00000180. The number of carbonyl (C=O) groups excluding carboxylic acids is 1. The number of benzene rings is 1. The predicted octanol–water partition coefficient (Wildman–Crippen LogP) is 2.67. The molecule has 0 saturated carbocycles. The van der Waals surface area contributed by atoms with Crippen LogP contribution in [0.2, 0.25) is 0 Å². The summed E-state index contributed by atoms with van der Waals surface area (Å²) in [6.45, 7) is 7.91. The van der Waals surface area contributed by atoms with Gasteiger partial charge in [-0.25, -0.2) is 0 Å². The third-order valence-corrected chi connectivity index (χ3v) is 3.45. The summed E-state index contributed by atoms with van der Waals surface area (Å²) in [5, 5.41) is 3.31. The molecule has 0 bridgehead atoms. The van der Waals surface area contributed by atoms with E-state index in [1.54, 1.807) is 0 Å². The Hall–Kier alpha value is -1.06. The van der Waals surface area contributed by atoms with Crippen molar-refractivity contribution in [2.24, 2.45) is 0 Å². The van der Waals surface area contributed by atoms with E-state index in [0.29, 0.717) is 5.92 Å². The van der Waals surface area contributed by atoms with Gasteiger partial charge in [0.05, 0.1) is 0 Å². The number of halogens is 1. The zero-order valence-electron chi connectivity index (χ0n) is 11.7. The van der Waals surface area contributed by atoms with Crippen LogP contribution in [0, 0.1) is 0 Å². The summed E-state index contributed by atoms with van der Waals surface area (Å²) < 4.78 is 0. The molecule has 0 radical (unpaired) electrons. The first kappa shape index (κ1) is 16.0. The number of hydrogen-bond donors (Lipinski definition) is 1. The van der Waals surface area contributed by atoms with E-state index in [1.165, 1.54) is 5.56 Å². The molecule has 0 aromatic heterocycles. The van der Waals surface area contributed by atoms with Crippen LogP contribution in [-0.4, -0.2) is 37.0 Å². The van der Waals surface area contributed by atoms with Gasteiger partial charge in [0.15, 0.2) is 0 Å². The van der Waals surface area contributed by atoms with Gasteiger partial charge < -0.3 is 10.2 Å². The summed E-state index contributed by atoms with van der Waals surface area (Å²) in [7, 11) is 0. The fourth-order valence-electron chi connectivity index (χ4n) is 2.24. The Bertz CT molecular complexity index is 395. The Morgan fingerprint density at radius 3 is 2.47 bits per heavy atom. The molecule has 1 aromatic rings. The van der Waals surface area contributed by atoms with Crippen LogP contribution in [0.3, 0.4) is 0 Å². The number of nitrogens with zero attached hydrogens (tertiary/aromatic N) is 1. The molecule has 1 aliphatic rings. The highest BCUT2D eigenvalue weighted by atomic mass is 35.5. The van der Waals surface area contributed by atoms with Gasteiger partial charge >= 0.3 is 0 Å². The van der Waals surface area contributed by atoms with Crippen LogP contribution in [0.4, 0.5) is 0 Å². The van der Waals surface area contributed by atoms with E-state index < -0.39 is 0 Å². The highest BCUT2D eigenvalue weighted by Crippen LogP contribution is 2.16. The molecule has 19 heavy (non-hydrogen) atoms. The zero-order valence-corrected chi connectivity index (χ0v) is 12.5. The maximum Gasteiger partial charge on any atom is 0.253 e. The van der Waals surface area contributed by atoms with Crippen molar-refractivity contribution in [3.05, 3.63) is 35.4 Å². The minimum absolute atomic E-state index is 0. The number of rotatable bonds is 2. The number of nitrogens with one attached hydrogen (secondary N) is 1. The summed E-state index contributed by atoms with van der Waals surface area (Å²) in [4.78, 5) is 14.3. The maximum atomic E-state index is 12.3. The second-order valence-electron chi connectivity index (χ2n) is 5.17. The molecule has 2 rings (SSSR count). The monoisotopic (exact) mass is 282 g/mol. The van der Waals surface area contributed by atoms with Crippen molar-refractivity contribution < 1.29 is 4.79 Å². The molecule has 0 spiro atoms. The molecule has 1 heterocycles. The first-order valence-electron chi connectivity index (χ1n) is 6.78. The first-order chi connectivity index (χ1) is 8.68. The second-order valence-corrected chi connectivity index (χ2v) is 5.17. The third-order valence-electron chi connectivity index (χ3n) is 3.45. The molecule has 1 amide bonds. The lowest BCUT2D eigenvalue weighted by atomic mass is 10.0. The van der Waals surface area contributed by atoms with Gasteiger partial charge in [0, 0.05) is 25.2 Å². The van der Waals surface area contributed by atoms with Crippen molar-refractivity contribution in [2.75, 3.05) is 26.2 Å². The summed E-state index contributed by atoms with van der Waals surface area (Å²) in [6.07, 6.45) is 1.04. The lowest BCUT2D eigenvalue weighted by molar-refractivity contribution is 0.0766. The Morgan fingerprint density at radius 1 is 1.16 bits per heavy atom.